The minimum atomic E-state index is -0.293. The molecule has 1 amide bonds. The fourth-order valence-electron chi connectivity index (χ4n) is 2.41. The molecule has 6 heteroatoms. The van der Waals surface area contributed by atoms with Gasteiger partial charge in [-0.15, -0.1) is 0 Å². The van der Waals surface area contributed by atoms with E-state index in [1.165, 1.54) is 0 Å². The number of anilines is 1. The minimum Gasteiger partial charge on any atom is -0.508 e. The van der Waals surface area contributed by atoms with Gasteiger partial charge in [-0.25, -0.2) is 4.98 Å². The lowest BCUT2D eigenvalue weighted by molar-refractivity contribution is -0.120. The van der Waals surface area contributed by atoms with Gasteiger partial charge in [-0.1, -0.05) is 6.07 Å². The van der Waals surface area contributed by atoms with E-state index in [9.17, 15) is 9.90 Å². The number of rotatable bonds is 2. The number of aromatic hydroxyl groups is 1. The van der Waals surface area contributed by atoms with E-state index >= 15 is 0 Å². The lowest BCUT2D eigenvalue weighted by Gasteiger charge is -2.27. The molecule has 2 heterocycles. The van der Waals surface area contributed by atoms with E-state index in [0.29, 0.717) is 18.7 Å². The molecule has 0 saturated heterocycles. The minimum absolute atomic E-state index is 0.0377. The molecule has 2 aromatic rings. The Labute approximate surface area is 116 Å². The Bertz CT molecular complexity index is 638. The van der Waals surface area contributed by atoms with Crippen LogP contribution in [-0.2, 0) is 17.8 Å². The molecule has 1 aromatic heterocycles. The number of aromatic amines is 1. The number of amides is 1. The Hall–Kier alpha value is -2.34. The fraction of sp³-hybridized carbons (Fsp3) is 0.286. The van der Waals surface area contributed by atoms with E-state index in [-0.39, 0.29) is 17.7 Å². The lowest BCUT2D eigenvalue weighted by atomic mass is 10.0. The van der Waals surface area contributed by atoms with Gasteiger partial charge in [-0.3, -0.25) is 10.1 Å². The van der Waals surface area contributed by atoms with Gasteiger partial charge in [0, 0.05) is 31.8 Å². The van der Waals surface area contributed by atoms with Crippen LogP contribution in [0.3, 0.4) is 0 Å². The number of carbonyl (C=O) groups is 1. The quantitative estimate of drug-likeness (QED) is 0.755. The van der Waals surface area contributed by atoms with E-state index in [1.54, 1.807) is 42.5 Å². The van der Waals surface area contributed by atoms with Crippen LogP contribution in [0.2, 0.25) is 0 Å². The van der Waals surface area contributed by atoms with E-state index in [0.717, 1.165) is 11.4 Å². The summed E-state index contributed by atoms with van der Waals surface area (Å²) in [5, 5.41) is 12.7. The molecule has 0 aliphatic carbocycles. The zero-order chi connectivity index (χ0) is 14.1. The van der Waals surface area contributed by atoms with Crippen molar-refractivity contribution in [3.63, 3.8) is 0 Å². The Balaban J connectivity index is 1.76. The van der Waals surface area contributed by atoms with Crippen LogP contribution in [0.5, 0.6) is 5.75 Å². The first-order valence-corrected chi connectivity index (χ1v) is 6.46. The van der Waals surface area contributed by atoms with Crippen LogP contribution in [0.15, 0.2) is 30.6 Å². The molecular formula is C14H16N4O2. The molecule has 1 unspecified atom stereocenters. The van der Waals surface area contributed by atoms with Crippen LogP contribution in [0.1, 0.15) is 11.4 Å². The van der Waals surface area contributed by atoms with E-state index < -0.39 is 0 Å². The molecule has 1 aliphatic rings. The van der Waals surface area contributed by atoms with Gasteiger partial charge in [0.1, 0.15) is 5.75 Å². The SMILES string of the molecule is CN(C(=O)C1Cc2nc[nH]c2CN1)c1cccc(O)c1. The largest absolute Gasteiger partial charge is 0.508 e. The number of nitrogens with zero attached hydrogens (tertiary/aromatic N) is 2. The van der Waals surface area contributed by atoms with Crippen molar-refractivity contribution in [2.45, 2.75) is 19.0 Å². The first kappa shape index (κ1) is 12.7. The smallest absolute Gasteiger partial charge is 0.244 e. The Morgan fingerprint density at radius 3 is 3.15 bits per heavy atom. The molecule has 1 aromatic carbocycles. The van der Waals surface area contributed by atoms with Gasteiger partial charge in [0.05, 0.1) is 23.8 Å². The highest BCUT2D eigenvalue weighted by Gasteiger charge is 2.28. The third kappa shape index (κ3) is 2.25. The van der Waals surface area contributed by atoms with Gasteiger partial charge in [0.15, 0.2) is 0 Å². The monoisotopic (exact) mass is 272 g/mol. The molecule has 1 aliphatic heterocycles. The van der Waals surface area contributed by atoms with Crippen molar-refractivity contribution in [3.8, 4) is 5.75 Å². The molecular weight excluding hydrogens is 256 g/mol. The maximum Gasteiger partial charge on any atom is 0.244 e. The number of phenolic OH excluding ortho intramolecular Hbond substituents is 1. The summed E-state index contributed by atoms with van der Waals surface area (Å²) in [5.74, 6) is 0.109. The maximum atomic E-state index is 12.5. The molecule has 6 nitrogen and oxygen atoms in total. The van der Waals surface area contributed by atoms with Gasteiger partial charge in [-0.05, 0) is 12.1 Å². The summed E-state index contributed by atoms with van der Waals surface area (Å²) in [6.07, 6.45) is 2.22. The van der Waals surface area contributed by atoms with Crippen LogP contribution in [0.25, 0.3) is 0 Å². The standard InChI is InChI=1S/C14H16N4O2/c1-18(9-3-2-4-10(19)5-9)14(20)12-6-11-13(7-15-12)17-8-16-11/h2-5,8,12,15,19H,6-7H2,1H3,(H,16,17). The second-order valence-corrected chi connectivity index (χ2v) is 4.88. The van der Waals surface area contributed by atoms with Crippen molar-refractivity contribution >= 4 is 11.6 Å². The van der Waals surface area contributed by atoms with Crippen LogP contribution in [0.4, 0.5) is 5.69 Å². The molecule has 3 rings (SSSR count). The first-order chi connectivity index (χ1) is 9.65. The number of imidazole rings is 1. The molecule has 0 fully saturated rings. The number of aromatic nitrogens is 2. The highest BCUT2D eigenvalue weighted by Crippen LogP contribution is 2.21. The van der Waals surface area contributed by atoms with Crippen LogP contribution >= 0.6 is 0 Å². The number of nitrogens with one attached hydrogen (secondary N) is 2. The summed E-state index contributed by atoms with van der Waals surface area (Å²) in [7, 11) is 1.71. The van der Waals surface area contributed by atoms with Gasteiger partial charge in [0.25, 0.3) is 0 Å². The highest BCUT2D eigenvalue weighted by atomic mass is 16.3. The fourth-order valence-corrected chi connectivity index (χ4v) is 2.41. The number of likely N-dealkylation sites (N-methyl/N-ethyl adjacent to an activating group) is 1. The molecule has 0 radical (unpaired) electrons. The Morgan fingerprint density at radius 2 is 2.35 bits per heavy atom. The highest BCUT2D eigenvalue weighted by molar-refractivity contribution is 5.97. The molecule has 1 atom stereocenters. The molecule has 0 saturated carbocycles. The van der Waals surface area contributed by atoms with Gasteiger partial charge in [-0.2, -0.15) is 0 Å². The van der Waals surface area contributed by atoms with Crippen molar-refractivity contribution in [3.05, 3.63) is 42.0 Å². The van der Waals surface area contributed by atoms with Crippen LogP contribution in [0, 0.1) is 0 Å². The van der Waals surface area contributed by atoms with Crippen molar-refractivity contribution in [2.24, 2.45) is 0 Å². The van der Waals surface area contributed by atoms with Crippen molar-refractivity contribution in [2.75, 3.05) is 11.9 Å². The summed E-state index contributed by atoms with van der Waals surface area (Å²) < 4.78 is 0. The summed E-state index contributed by atoms with van der Waals surface area (Å²) in [6.45, 7) is 0.611. The number of fused-ring (bicyclic) bond motifs is 1. The third-order valence-electron chi connectivity index (χ3n) is 3.58. The predicted octanol–water partition coefficient (Wildman–Crippen LogP) is 0.793. The van der Waals surface area contributed by atoms with E-state index in [1.807, 2.05) is 0 Å². The van der Waals surface area contributed by atoms with Gasteiger partial charge < -0.3 is 15.0 Å². The zero-order valence-electron chi connectivity index (χ0n) is 11.1. The average molecular weight is 272 g/mol. The number of phenols is 1. The number of H-pyrrole nitrogens is 1. The molecule has 3 N–H and O–H groups in total. The zero-order valence-corrected chi connectivity index (χ0v) is 11.1. The molecule has 104 valence electrons. The molecule has 0 spiro atoms. The normalized spacial score (nSPS) is 17.6. The van der Waals surface area contributed by atoms with E-state index in [4.69, 9.17) is 0 Å². The first-order valence-electron chi connectivity index (χ1n) is 6.46. The Morgan fingerprint density at radius 1 is 1.50 bits per heavy atom. The summed E-state index contributed by atoms with van der Waals surface area (Å²) in [5.41, 5.74) is 2.64. The van der Waals surface area contributed by atoms with Gasteiger partial charge in [0.2, 0.25) is 5.91 Å². The summed E-state index contributed by atoms with van der Waals surface area (Å²) in [4.78, 5) is 21.3. The van der Waals surface area contributed by atoms with Crippen molar-refractivity contribution in [1.82, 2.24) is 15.3 Å². The predicted molar refractivity (Wildman–Crippen MR) is 74.4 cm³/mol. The molecule has 0 bridgehead atoms. The number of hydrogen-bond donors (Lipinski definition) is 3. The summed E-state index contributed by atoms with van der Waals surface area (Å²) in [6, 6.07) is 6.37. The number of carbonyl (C=O) groups excluding carboxylic acids is 1. The lowest BCUT2D eigenvalue weighted by Crippen LogP contribution is -2.48. The van der Waals surface area contributed by atoms with Crippen molar-refractivity contribution in [1.29, 1.82) is 0 Å². The van der Waals surface area contributed by atoms with Crippen LogP contribution in [-0.4, -0.2) is 34.1 Å². The number of hydrogen-bond acceptors (Lipinski definition) is 4. The van der Waals surface area contributed by atoms with E-state index in [2.05, 4.69) is 15.3 Å². The average Bonchev–Trinajstić information content (AvgIpc) is 2.93. The third-order valence-corrected chi connectivity index (χ3v) is 3.58. The second kappa shape index (κ2) is 4.97. The van der Waals surface area contributed by atoms with Gasteiger partial charge >= 0.3 is 0 Å². The Kier molecular flexibility index (Phi) is 3.15. The molecule has 20 heavy (non-hydrogen) atoms. The number of benzene rings is 1. The second-order valence-electron chi connectivity index (χ2n) is 4.88. The topological polar surface area (TPSA) is 81.2 Å². The summed E-state index contributed by atoms with van der Waals surface area (Å²) >= 11 is 0. The maximum absolute atomic E-state index is 12.5. The van der Waals surface area contributed by atoms with Crippen molar-refractivity contribution < 1.29 is 9.90 Å². The van der Waals surface area contributed by atoms with Crippen LogP contribution < -0.4 is 10.2 Å².